The highest BCUT2D eigenvalue weighted by Crippen LogP contribution is 2.63. The zero-order valence-corrected chi connectivity index (χ0v) is 13.0. The molecule has 2 saturated carbocycles. The van der Waals surface area contributed by atoms with E-state index in [0.29, 0.717) is 35.4 Å². The van der Waals surface area contributed by atoms with Crippen molar-refractivity contribution in [2.75, 3.05) is 6.61 Å². The maximum atomic E-state index is 12.4. The van der Waals surface area contributed by atoms with Gasteiger partial charge >= 0.3 is 0 Å². The van der Waals surface area contributed by atoms with E-state index >= 15 is 0 Å². The molecule has 0 radical (unpaired) electrons. The van der Waals surface area contributed by atoms with Crippen molar-refractivity contribution < 1.29 is 9.90 Å². The van der Waals surface area contributed by atoms with E-state index in [1.54, 1.807) is 0 Å². The van der Waals surface area contributed by atoms with Gasteiger partial charge in [-0.25, -0.2) is 0 Å². The van der Waals surface area contributed by atoms with E-state index in [1.807, 2.05) is 0 Å². The van der Waals surface area contributed by atoms with E-state index in [2.05, 4.69) is 25.2 Å². The first kappa shape index (κ1) is 13.8. The van der Waals surface area contributed by atoms with Crippen molar-refractivity contribution in [3.8, 4) is 0 Å². The predicted molar refractivity (Wildman–Crippen MR) is 82.6 cm³/mol. The number of rotatable bonds is 1. The van der Waals surface area contributed by atoms with Crippen molar-refractivity contribution in [3.05, 3.63) is 23.8 Å². The summed E-state index contributed by atoms with van der Waals surface area (Å²) in [6.45, 7) is 2.52. The molecule has 2 nitrogen and oxygen atoms in total. The van der Waals surface area contributed by atoms with Crippen molar-refractivity contribution >= 4 is 5.78 Å². The lowest BCUT2D eigenvalue weighted by molar-refractivity contribution is -0.137. The molecule has 0 bridgehead atoms. The Kier molecular flexibility index (Phi) is 2.98. The number of aliphatic hydroxyl groups is 1. The number of hydrogen-bond acceptors (Lipinski definition) is 2. The summed E-state index contributed by atoms with van der Waals surface area (Å²) in [4.78, 5) is 12.4. The monoisotopic (exact) mass is 286 g/mol. The topological polar surface area (TPSA) is 37.3 Å². The van der Waals surface area contributed by atoms with Gasteiger partial charge in [0.2, 0.25) is 0 Å². The van der Waals surface area contributed by atoms with Gasteiger partial charge in [-0.15, -0.1) is 0 Å². The minimum atomic E-state index is -0.382. The number of carbonyl (C=O) groups is 1. The maximum absolute atomic E-state index is 12.4. The molecule has 21 heavy (non-hydrogen) atoms. The Morgan fingerprint density at radius 2 is 2.14 bits per heavy atom. The van der Waals surface area contributed by atoms with Gasteiger partial charge in [-0.2, -0.15) is 0 Å². The summed E-state index contributed by atoms with van der Waals surface area (Å²) < 4.78 is 0. The summed E-state index contributed by atoms with van der Waals surface area (Å²) in [7, 11) is 0. The van der Waals surface area contributed by atoms with Crippen LogP contribution in [0.3, 0.4) is 0 Å². The summed E-state index contributed by atoms with van der Waals surface area (Å²) in [6.07, 6.45) is 14.4. The lowest BCUT2D eigenvalue weighted by Gasteiger charge is -2.55. The van der Waals surface area contributed by atoms with Crippen LogP contribution >= 0.6 is 0 Å². The SMILES string of the molecule is C[C@]12CCC=CC1=CC[C@H]1[C@@H]3CCC(=O)[C@@]3(CO)CC[C@@H]12. The highest BCUT2D eigenvalue weighted by molar-refractivity contribution is 5.87. The molecule has 4 aliphatic carbocycles. The van der Waals surface area contributed by atoms with Crippen LogP contribution in [0.4, 0.5) is 0 Å². The number of fused-ring (bicyclic) bond motifs is 5. The fraction of sp³-hybridized carbons (Fsp3) is 0.737. The zero-order chi connectivity index (χ0) is 14.7. The van der Waals surface area contributed by atoms with E-state index in [4.69, 9.17) is 0 Å². The molecule has 114 valence electrons. The van der Waals surface area contributed by atoms with E-state index in [9.17, 15) is 9.90 Å². The van der Waals surface area contributed by atoms with Crippen LogP contribution in [-0.2, 0) is 4.79 Å². The molecule has 0 aromatic carbocycles. The van der Waals surface area contributed by atoms with Crippen molar-refractivity contribution in [3.63, 3.8) is 0 Å². The lowest BCUT2D eigenvalue weighted by Crippen LogP contribution is -2.51. The summed E-state index contributed by atoms with van der Waals surface area (Å²) >= 11 is 0. The van der Waals surface area contributed by atoms with E-state index in [-0.39, 0.29) is 12.0 Å². The zero-order valence-electron chi connectivity index (χ0n) is 13.0. The molecule has 4 aliphatic rings. The van der Waals surface area contributed by atoms with Gasteiger partial charge in [-0.3, -0.25) is 4.79 Å². The van der Waals surface area contributed by atoms with Crippen LogP contribution in [0, 0.1) is 28.6 Å². The molecule has 0 aliphatic heterocycles. The van der Waals surface area contributed by atoms with Crippen LogP contribution in [0.25, 0.3) is 0 Å². The fourth-order valence-corrected chi connectivity index (χ4v) is 6.17. The molecule has 0 aromatic rings. The maximum Gasteiger partial charge on any atom is 0.141 e. The molecule has 0 amide bonds. The van der Waals surface area contributed by atoms with Crippen LogP contribution < -0.4 is 0 Å². The molecule has 1 N–H and O–H groups in total. The molecule has 0 heterocycles. The Hall–Kier alpha value is -0.890. The van der Waals surface area contributed by atoms with Gasteiger partial charge in [0.1, 0.15) is 5.78 Å². The van der Waals surface area contributed by atoms with Gasteiger partial charge in [0.15, 0.2) is 0 Å². The average Bonchev–Trinajstić information content (AvgIpc) is 2.84. The third-order valence-electron chi connectivity index (χ3n) is 7.38. The molecule has 4 rings (SSSR count). The van der Waals surface area contributed by atoms with Crippen molar-refractivity contribution in [2.45, 2.75) is 51.9 Å². The molecule has 0 aromatic heterocycles. The molecule has 2 fully saturated rings. The smallest absolute Gasteiger partial charge is 0.141 e. The normalized spacial score (nSPS) is 48.4. The van der Waals surface area contributed by atoms with E-state index in [0.717, 1.165) is 25.7 Å². The predicted octanol–water partition coefficient (Wildman–Crippen LogP) is 3.66. The number of aliphatic hydroxyl groups excluding tert-OH is 1. The molecular weight excluding hydrogens is 260 g/mol. The summed E-state index contributed by atoms with van der Waals surface area (Å²) in [5, 5.41) is 9.96. The standard InChI is InChI=1S/C19H26O2/c1-18-10-3-2-4-13(18)5-6-14-15(18)9-11-19(12-20)16(14)7-8-17(19)21/h2,4-5,14-16,20H,3,6-12H2,1H3/t14-,15+,16+,18+,19-/m1/s1. The summed E-state index contributed by atoms with van der Waals surface area (Å²) in [6, 6.07) is 0. The molecule has 5 atom stereocenters. The summed E-state index contributed by atoms with van der Waals surface area (Å²) in [5.41, 5.74) is 1.47. The van der Waals surface area contributed by atoms with Gasteiger partial charge in [0.05, 0.1) is 12.0 Å². The molecule has 0 spiro atoms. The number of ketones is 1. The third-order valence-corrected chi connectivity index (χ3v) is 7.38. The van der Waals surface area contributed by atoms with Crippen molar-refractivity contribution in [2.24, 2.45) is 28.6 Å². The number of hydrogen-bond donors (Lipinski definition) is 1. The Bertz CT molecular complexity index is 532. The first-order chi connectivity index (χ1) is 10.1. The first-order valence-corrected chi connectivity index (χ1v) is 8.63. The second kappa shape index (κ2) is 4.55. The van der Waals surface area contributed by atoms with Crippen LogP contribution in [0.1, 0.15) is 51.9 Å². The quantitative estimate of drug-likeness (QED) is 0.799. The fourth-order valence-electron chi connectivity index (χ4n) is 6.17. The second-order valence-electron chi connectivity index (χ2n) is 7.95. The molecular formula is C19H26O2. The van der Waals surface area contributed by atoms with Crippen LogP contribution in [0.5, 0.6) is 0 Å². The third kappa shape index (κ3) is 1.66. The van der Waals surface area contributed by atoms with Crippen molar-refractivity contribution in [1.82, 2.24) is 0 Å². The van der Waals surface area contributed by atoms with Gasteiger partial charge in [-0.05, 0) is 67.3 Å². The second-order valence-corrected chi connectivity index (χ2v) is 7.95. The number of Topliss-reactive ketones (excluding diaryl/α,β-unsaturated/α-hetero) is 1. The van der Waals surface area contributed by atoms with Crippen LogP contribution in [0.2, 0.25) is 0 Å². The summed E-state index contributed by atoms with van der Waals surface area (Å²) in [5.74, 6) is 2.09. The highest BCUT2D eigenvalue weighted by Gasteiger charge is 2.59. The molecule has 2 heteroatoms. The molecule has 0 unspecified atom stereocenters. The van der Waals surface area contributed by atoms with Gasteiger partial charge in [0, 0.05) is 6.42 Å². The first-order valence-electron chi connectivity index (χ1n) is 8.63. The van der Waals surface area contributed by atoms with E-state index in [1.165, 1.54) is 18.4 Å². The number of allylic oxidation sites excluding steroid dienone is 4. The van der Waals surface area contributed by atoms with Crippen molar-refractivity contribution in [1.29, 1.82) is 0 Å². The van der Waals surface area contributed by atoms with Gasteiger partial charge < -0.3 is 5.11 Å². The Morgan fingerprint density at radius 1 is 1.29 bits per heavy atom. The Labute approximate surface area is 127 Å². The largest absolute Gasteiger partial charge is 0.395 e. The van der Waals surface area contributed by atoms with Gasteiger partial charge in [-0.1, -0.05) is 25.2 Å². The van der Waals surface area contributed by atoms with E-state index < -0.39 is 0 Å². The van der Waals surface area contributed by atoms with Crippen LogP contribution in [0.15, 0.2) is 23.8 Å². The minimum absolute atomic E-state index is 0.0763. The highest BCUT2D eigenvalue weighted by atomic mass is 16.3. The minimum Gasteiger partial charge on any atom is -0.395 e. The Balaban J connectivity index is 1.74. The number of carbonyl (C=O) groups excluding carboxylic acids is 1. The lowest BCUT2D eigenvalue weighted by atomic mass is 9.48. The molecule has 0 saturated heterocycles. The Morgan fingerprint density at radius 3 is 2.95 bits per heavy atom. The van der Waals surface area contributed by atoms with Crippen LogP contribution in [-0.4, -0.2) is 17.5 Å². The van der Waals surface area contributed by atoms with Gasteiger partial charge in [0.25, 0.3) is 0 Å². The average molecular weight is 286 g/mol.